The van der Waals surface area contributed by atoms with E-state index in [1.165, 1.54) is 70.8 Å². The third-order valence-corrected chi connectivity index (χ3v) is 7.65. The van der Waals surface area contributed by atoms with Crippen LogP contribution in [0.15, 0.2) is 115 Å². The van der Waals surface area contributed by atoms with Crippen molar-refractivity contribution >= 4 is 65.2 Å². The van der Waals surface area contributed by atoms with Gasteiger partial charge in [-0.05, 0) is 70.1 Å². The average molecular weight is 447 g/mol. The van der Waals surface area contributed by atoms with Gasteiger partial charge in [0.15, 0.2) is 0 Å². The largest absolute Gasteiger partial charge is 0.344 e. The van der Waals surface area contributed by atoms with Crippen molar-refractivity contribution in [2.24, 2.45) is 7.05 Å². The zero-order chi connectivity index (χ0) is 23.1. The second-order valence-electron chi connectivity index (χ2n) is 9.55. The zero-order valence-electron chi connectivity index (χ0n) is 19.4. The summed E-state index contributed by atoms with van der Waals surface area (Å²) >= 11 is 0. The van der Waals surface area contributed by atoms with Crippen molar-refractivity contribution in [2.45, 2.75) is 0 Å². The molecule has 2 aromatic heterocycles. The summed E-state index contributed by atoms with van der Waals surface area (Å²) in [5.41, 5.74) is 6.21. The first-order valence-electron chi connectivity index (χ1n) is 12.1. The quantitative estimate of drug-likeness (QED) is 0.223. The number of rotatable bonds is 1. The van der Waals surface area contributed by atoms with Crippen LogP contribution in [0.25, 0.3) is 70.8 Å². The number of fused-ring (bicyclic) bond motifs is 8. The first-order valence-corrected chi connectivity index (χ1v) is 12.1. The Balaban J connectivity index is 1.50. The van der Waals surface area contributed by atoms with Crippen LogP contribution in [0.3, 0.4) is 0 Å². The minimum absolute atomic E-state index is 1.19. The molecule has 0 fully saturated rings. The summed E-state index contributed by atoms with van der Waals surface area (Å²) in [5, 5.41) is 10.3. The maximum Gasteiger partial charge on any atom is 0.0548 e. The second-order valence-corrected chi connectivity index (χ2v) is 9.55. The van der Waals surface area contributed by atoms with Crippen LogP contribution in [-0.4, -0.2) is 9.13 Å². The van der Waals surface area contributed by atoms with E-state index in [2.05, 4.69) is 131 Å². The van der Waals surface area contributed by atoms with E-state index in [-0.39, 0.29) is 0 Å². The molecule has 0 aliphatic carbocycles. The van der Waals surface area contributed by atoms with Crippen molar-refractivity contribution in [2.75, 3.05) is 0 Å². The Kier molecular flexibility index (Phi) is 3.62. The minimum atomic E-state index is 1.19. The maximum absolute atomic E-state index is 2.43. The third kappa shape index (κ3) is 2.54. The normalized spacial score (nSPS) is 12.1. The van der Waals surface area contributed by atoms with Gasteiger partial charge >= 0.3 is 0 Å². The fourth-order valence-corrected chi connectivity index (χ4v) is 5.97. The summed E-state index contributed by atoms with van der Waals surface area (Å²) in [7, 11) is 2.17. The SMILES string of the molecule is Cn1c2ccccc2c2cc3c(cc21)c1ccccc1n3-c1ccc2cc3ccccc3cc2c1. The van der Waals surface area contributed by atoms with Crippen LogP contribution in [0, 0.1) is 0 Å². The number of aromatic nitrogens is 2. The van der Waals surface area contributed by atoms with E-state index in [4.69, 9.17) is 0 Å². The van der Waals surface area contributed by atoms with Gasteiger partial charge in [0.25, 0.3) is 0 Å². The Morgan fingerprint density at radius 3 is 1.77 bits per heavy atom. The smallest absolute Gasteiger partial charge is 0.0548 e. The van der Waals surface area contributed by atoms with E-state index in [0.29, 0.717) is 0 Å². The highest BCUT2D eigenvalue weighted by atomic mass is 15.0. The molecule has 164 valence electrons. The molecule has 0 atom stereocenters. The molecule has 2 nitrogen and oxygen atoms in total. The summed E-state index contributed by atoms with van der Waals surface area (Å²) in [4.78, 5) is 0. The standard InChI is InChI=1S/C33H22N2/c1-34-30-12-6-4-10-26(30)28-20-33-29(19-32(28)34)27-11-5-7-13-31(27)35(33)25-15-14-23-16-21-8-2-3-9-22(21)17-24(23)18-25/h2-20H,1H3. The third-order valence-electron chi connectivity index (χ3n) is 7.65. The number of hydrogen-bond donors (Lipinski definition) is 0. The van der Waals surface area contributed by atoms with E-state index in [9.17, 15) is 0 Å². The first kappa shape index (κ1) is 18.8. The van der Waals surface area contributed by atoms with Gasteiger partial charge in [0.2, 0.25) is 0 Å². The second kappa shape index (κ2) is 6.74. The van der Waals surface area contributed by atoms with Gasteiger partial charge in [-0.1, -0.05) is 66.7 Å². The summed E-state index contributed by atoms with van der Waals surface area (Å²) in [6.07, 6.45) is 0. The van der Waals surface area contributed by atoms with E-state index in [0.717, 1.165) is 0 Å². The molecule has 0 aliphatic rings. The highest BCUT2D eigenvalue weighted by Gasteiger charge is 2.16. The molecule has 8 rings (SSSR count). The topological polar surface area (TPSA) is 9.86 Å². The van der Waals surface area contributed by atoms with Crippen molar-refractivity contribution in [1.29, 1.82) is 0 Å². The number of hydrogen-bond acceptors (Lipinski definition) is 0. The molecule has 2 heteroatoms. The lowest BCUT2D eigenvalue weighted by Crippen LogP contribution is -1.94. The molecular formula is C33H22N2. The van der Waals surface area contributed by atoms with Crippen LogP contribution in [0.1, 0.15) is 0 Å². The molecule has 35 heavy (non-hydrogen) atoms. The molecule has 8 aromatic rings. The van der Waals surface area contributed by atoms with Gasteiger partial charge in [0.1, 0.15) is 0 Å². The van der Waals surface area contributed by atoms with Crippen molar-refractivity contribution in [3.8, 4) is 5.69 Å². The van der Waals surface area contributed by atoms with Crippen LogP contribution < -0.4 is 0 Å². The van der Waals surface area contributed by atoms with Gasteiger partial charge in [0.05, 0.1) is 11.0 Å². The molecule has 6 aromatic carbocycles. The molecular weight excluding hydrogens is 424 g/mol. The number of aryl methyl sites for hydroxylation is 1. The van der Waals surface area contributed by atoms with Gasteiger partial charge in [0, 0.05) is 45.3 Å². The number of benzene rings is 6. The summed E-state index contributed by atoms with van der Waals surface area (Å²) < 4.78 is 4.75. The van der Waals surface area contributed by atoms with Crippen LogP contribution in [0.5, 0.6) is 0 Å². The Morgan fingerprint density at radius 1 is 0.400 bits per heavy atom. The van der Waals surface area contributed by atoms with Gasteiger partial charge in [-0.15, -0.1) is 0 Å². The van der Waals surface area contributed by atoms with E-state index >= 15 is 0 Å². The Bertz CT molecular complexity index is 2120. The fraction of sp³-hybridized carbons (Fsp3) is 0.0303. The molecule has 0 radical (unpaired) electrons. The van der Waals surface area contributed by atoms with Gasteiger partial charge < -0.3 is 9.13 Å². The monoisotopic (exact) mass is 446 g/mol. The average Bonchev–Trinajstić information content (AvgIpc) is 3.38. The fourth-order valence-electron chi connectivity index (χ4n) is 5.97. The van der Waals surface area contributed by atoms with E-state index in [1.807, 2.05) is 0 Å². The van der Waals surface area contributed by atoms with Crippen molar-refractivity contribution in [1.82, 2.24) is 9.13 Å². The summed E-state index contributed by atoms with van der Waals surface area (Å²) in [6, 6.07) is 42.3. The lowest BCUT2D eigenvalue weighted by molar-refractivity contribution is 1.02. The lowest BCUT2D eigenvalue weighted by atomic mass is 10.0. The summed E-state index contributed by atoms with van der Waals surface area (Å²) in [6.45, 7) is 0. The molecule has 0 unspecified atom stereocenters. The Labute approximate surface area is 202 Å². The van der Waals surface area contributed by atoms with Gasteiger partial charge in [-0.3, -0.25) is 0 Å². The van der Waals surface area contributed by atoms with Crippen LogP contribution >= 0.6 is 0 Å². The molecule has 0 spiro atoms. The van der Waals surface area contributed by atoms with Crippen molar-refractivity contribution in [3.05, 3.63) is 115 Å². The van der Waals surface area contributed by atoms with Crippen LogP contribution in [0.2, 0.25) is 0 Å². The summed E-state index contributed by atoms with van der Waals surface area (Å²) in [5.74, 6) is 0. The molecule has 0 saturated carbocycles. The van der Waals surface area contributed by atoms with Crippen LogP contribution in [-0.2, 0) is 7.05 Å². The Morgan fingerprint density at radius 2 is 0.971 bits per heavy atom. The minimum Gasteiger partial charge on any atom is -0.344 e. The maximum atomic E-state index is 2.43. The molecule has 0 aliphatic heterocycles. The molecule has 0 amide bonds. The van der Waals surface area contributed by atoms with Gasteiger partial charge in [-0.2, -0.15) is 0 Å². The van der Waals surface area contributed by atoms with E-state index < -0.39 is 0 Å². The van der Waals surface area contributed by atoms with E-state index in [1.54, 1.807) is 0 Å². The van der Waals surface area contributed by atoms with Crippen molar-refractivity contribution in [3.63, 3.8) is 0 Å². The molecule has 2 heterocycles. The van der Waals surface area contributed by atoms with Crippen molar-refractivity contribution < 1.29 is 0 Å². The highest BCUT2D eigenvalue weighted by Crippen LogP contribution is 2.38. The zero-order valence-corrected chi connectivity index (χ0v) is 19.4. The molecule has 0 N–H and O–H groups in total. The molecule has 0 bridgehead atoms. The molecule has 0 saturated heterocycles. The Hall–Kier alpha value is -4.56. The van der Waals surface area contributed by atoms with Gasteiger partial charge in [-0.25, -0.2) is 0 Å². The highest BCUT2D eigenvalue weighted by molar-refractivity contribution is 6.18. The first-order chi connectivity index (χ1) is 17.3. The lowest BCUT2D eigenvalue weighted by Gasteiger charge is -2.10. The van der Waals surface area contributed by atoms with Crippen LogP contribution in [0.4, 0.5) is 0 Å². The predicted molar refractivity (Wildman–Crippen MR) is 150 cm³/mol. The number of para-hydroxylation sites is 2. The number of nitrogens with zero attached hydrogens (tertiary/aromatic N) is 2. The predicted octanol–water partition coefficient (Wildman–Crippen LogP) is 8.73.